The van der Waals surface area contributed by atoms with Crippen LogP contribution in [0.4, 0.5) is 17.5 Å². The minimum Gasteiger partial charge on any atom is -0.340 e. The van der Waals surface area contributed by atoms with Crippen LogP contribution in [-0.4, -0.2) is 34.4 Å². The molecular formula is C22H27N5O3. The van der Waals surface area contributed by atoms with Gasteiger partial charge in [-0.1, -0.05) is 6.07 Å². The summed E-state index contributed by atoms with van der Waals surface area (Å²) in [6.45, 7) is 6.85. The molecule has 0 bridgehead atoms. The number of hydrogen-bond donors (Lipinski definition) is 3. The maximum atomic E-state index is 13.0. The first-order chi connectivity index (χ1) is 14.3. The molecule has 0 saturated carbocycles. The first kappa shape index (κ1) is 20.1. The highest BCUT2D eigenvalue weighted by molar-refractivity contribution is 6.04. The van der Waals surface area contributed by atoms with E-state index in [4.69, 9.17) is 0 Å². The zero-order valence-corrected chi connectivity index (χ0v) is 17.5. The first-order valence-corrected chi connectivity index (χ1v) is 10.4. The largest absolute Gasteiger partial charge is 0.340 e. The summed E-state index contributed by atoms with van der Waals surface area (Å²) in [4.78, 5) is 47.6. The predicted molar refractivity (Wildman–Crippen MR) is 116 cm³/mol. The lowest BCUT2D eigenvalue weighted by molar-refractivity contribution is -0.123. The summed E-state index contributed by atoms with van der Waals surface area (Å²) in [5.74, 6) is -0.969. The lowest BCUT2D eigenvalue weighted by atomic mass is 9.92. The van der Waals surface area contributed by atoms with E-state index in [0.717, 1.165) is 36.9 Å². The van der Waals surface area contributed by atoms with Crippen molar-refractivity contribution in [1.82, 2.24) is 9.97 Å². The summed E-state index contributed by atoms with van der Waals surface area (Å²) in [5, 5.41) is 5.53. The Morgan fingerprint density at radius 2 is 2.00 bits per heavy atom. The fourth-order valence-corrected chi connectivity index (χ4v) is 4.18. The molecule has 0 aliphatic carbocycles. The number of aromatic amines is 1. The monoisotopic (exact) mass is 409 g/mol. The van der Waals surface area contributed by atoms with E-state index in [9.17, 15) is 14.4 Å². The number of H-pyrrole nitrogens is 1. The highest BCUT2D eigenvalue weighted by Gasteiger charge is 2.35. The smallest absolute Gasteiger partial charge is 0.258 e. The molecule has 2 atom stereocenters. The second-order valence-electron chi connectivity index (χ2n) is 8.28. The number of aryl methyl sites for hydroxylation is 2. The molecule has 3 N–H and O–H groups in total. The Morgan fingerprint density at radius 1 is 1.20 bits per heavy atom. The lowest BCUT2D eigenvalue weighted by Crippen LogP contribution is -2.42. The Labute approximate surface area is 175 Å². The number of carbonyl (C=O) groups excluding carboxylic acids is 2. The third kappa shape index (κ3) is 3.81. The number of nitrogens with one attached hydrogen (secondary N) is 3. The average Bonchev–Trinajstić information content (AvgIpc) is 2.70. The molecule has 3 heterocycles. The van der Waals surface area contributed by atoms with Crippen LogP contribution in [0.3, 0.4) is 0 Å². The highest BCUT2D eigenvalue weighted by Crippen LogP contribution is 2.31. The summed E-state index contributed by atoms with van der Waals surface area (Å²) in [5.41, 5.74) is 2.64. The van der Waals surface area contributed by atoms with Crippen LogP contribution in [-0.2, 0) is 9.59 Å². The van der Waals surface area contributed by atoms with Gasteiger partial charge in [0.05, 0.1) is 11.5 Å². The van der Waals surface area contributed by atoms with Crippen LogP contribution in [0, 0.1) is 13.8 Å². The fourth-order valence-electron chi connectivity index (χ4n) is 4.18. The number of hydrogen-bond acceptors (Lipinski definition) is 5. The number of amides is 2. The van der Waals surface area contributed by atoms with Gasteiger partial charge in [0, 0.05) is 24.7 Å². The molecule has 158 valence electrons. The minimum absolute atomic E-state index is 0.0894. The fraction of sp³-hybridized carbons (Fsp3) is 0.455. The summed E-state index contributed by atoms with van der Waals surface area (Å²) in [6, 6.07) is 5.86. The zero-order valence-electron chi connectivity index (χ0n) is 17.5. The molecule has 2 aliphatic rings. The Hall–Kier alpha value is -3.16. The van der Waals surface area contributed by atoms with Gasteiger partial charge in [0.2, 0.25) is 17.8 Å². The van der Waals surface area contributed by atoms with E-state index in [1.54, 1.807) is 0 Å². The molecule has 1 aromatic carbocycles. The molecule has 8 heteroatoms. The highest BCUT2D eigenvalue weighted by atomic mass is 16.2. The van der Waals surface area contributed by atoms with Gasteiger partial charge in [-0.2, -0.15) is 4.98 Å². The molecule has 30 heavy (non-hydrogen) atoms. The Bertz CT molecular complexity index is 1060. The van der Waals surface area contributed by atoms with Crippen molar-refractivity contribution >= 4 is 29.3 Å². The van der Waals surface area contributed by atoms with E-state index in [0.29, 0.717) is 11.6 Å². The number of piperidine rings is 1. The van der Waals surface area contributed by atoms with E-state index < -0.39 is 5.92 Å². The average molecular weight is 409 g/mol. The molecule has 0 unspecified atom stereocenters. The first-order valence-electron chi connectivity index (χ1n) is 10.4. The molecule has 0 radical (unpaired) electrons. The predicted octanol–water partition coefficient (Wildman–Crippen LogP) is 2.83. The molecule has 4 rings (SSSR count). The summed E-state index contributed by atoms with van der Waals surface area (Å²) in [7, 11) is 0. The van der Waals surface area contributed by atoms with Crippen molar-refractivity contribution in [3.8, 4) is 0 Å². The van der Waals surface area contributed by atoms with E-state index in [2.05, 4.69) is 32.4 Å². The van der Waals surface area contributed by atoms with E-state index in [-0.39, 0.29) is 41.2 Å². The molecule has 0 spiro atoms. The normalized spacial score (nSPS) is 21.0. The molecule has 2 aromatic rings. The van der Waals surface area contributed by atoms with Crippen molar-refractivity contribution in [3.63, 3.8) is 0 Å². The van der Waals surface area contributed by atoms with Crippen molar-refractivity contribution in [2.24, 2.45) is 0 Å². The third-order valence-electron chi connectivity index (χ3n) is 6.10. The SMILES string of the molecule is Cc1ccc(NC(=O)[C@H]2CC(=O)Nc3nc(N4CCCC[C@H]4C)[nH]c(=O)c32)cc1C. The van der Waals surface area contributed by atoms with E-state index >= 15 is 0 Å². The van der Waals surface area contributed by atoms with Crippen LogP contribution in [0.1, 0.15) is 55.2 Å². The zero-order chi connectivity index (χ0) is 21.4. The van der Waals surface area contributed by atoms with Gasteiger partial charge < -0.3 is 15.5 Å². The van der Waals surface area contributed by atoms with Crippen molar-refractivity contribution in [2.75, 3.05) is 22.1 Å². The van der Waals surface area contributed by atoms with E-state index in [1.807, 2.05) is 32.0 Å². The maximum absolute atomic E-state index is 13.0. The molecule has 2 aliphatic heterocycles. The van der Waals surface area contributed by atoms with Gasteiger partial charge in [0.15, 0.2) is 0 Å². The molecule has 1 fully saturated rings. The number of nitrogens with zero attached hydrogens (tertiary/aromatic N) is 2. The Balaban J connectivity index is 1.65. The van der Waals surface area contributed by atoms with Gasteiger partial charge in [0.1, 0.15) is 5.82 Å². The second-order valence-corrected chi connectivity index (χ2v) is 8.28. The van der Waals surface area contributed by atoms with E-state index in [1.165, 1.54) is 0 Å². The summed E-state index contributed by atoms with van der Waals surface area (Å²) in [6.07, 6.45) is 3.10. The van der Waals surface area contributed by atoms with Crippen LogP contribution in [0.2, 0.25) is 0 Å². The second kappa shape index (κ2) is 7.93. The van der Waals surface area contributed by atoms with Gasteiger partial charge in [-0.25, -0.2) is 0 Å². The number of carbonyl (C=O) groups is 2. The molecule has 1 saturated heterocycles. The minimum atomic E-state index is -0.889. The van der Waals surface area contributed by atoms with Crippen molar-refractivity contribution < 1.29 is 9.59 Å². The number of aromatic nitrogens is 2. The van der Waals surface area contributed by atoms with Gasteiger partial charge in [0.25, 0.3) is 5.56 Å². The maximum Gasteiger partial charge on any atom is 0.258 e. The van der Waals surface area contributed by atoms with Crippen molar-refractivity contribution in [1.29, 1.82) is 0 Å². The quantitative estimate of drug-likeness (QED) is 0.723. The van der Waals surface area contributed by atoms with Crippen LogP contribution < -0.4 is 21.1 Å². The Morgan fingerprint density at radius 3 is 2.73 bits per heavy atom. The molecule has 8 nitrogen and oxygen atoms in total. The summed E-state index contributed by atoms with van der Waals surface area (Å²) < 4.78 is 0. The van der Waals surface area contributed by atoms with Gasteiger partial charge in [-0.05, 0) is 63.3 Å². The number of anilines is 3. The molecule has 2 amide bonds. The van der Waals surface area contributed by atoms with Crippen molar-refractivity contribution in [3.05, 3.63) is 45.2 Å². The topological polar surface area (TPSA) is 107 Å². The van der Waals surface area contributed by atoms with Crippen LogP contribution >= 0.6 is 0 Å². The van der Waals surface area contributed by atoms with Gasteiger partial charge in [-0.15, -0.1) is 0 Å². The third-order valence-corrected chi connectivity index (χ3v) is 6.10. The Kier molecular flexibility index (Phi) is 5.32. The van der Waals surface area contributed by atoms with Gasteiger partial charge >= 0.3 is 0 Å². The van der Waals surface area contributed by atoms with Crippen LogP contribution in [0.25, 0.3) is 0 Å². The number of benzene rings is 1. The van der Waals surface area contributed by atoms with Crippen molar-refractivity contribution in [2.45, 2.75) is 58.4 Å². The summed E-state index contributed by atoms with van der Waals surface area (Å²) >= 11 is 0. The number of rotatable bonds is 3. The molecule has 1 aromatic heterocycles. The van der Waals surface area contributed by atoms with Gasteiger partial charge in [-0.3, -0.25) is 19.4 Å². The van der Waals surface area contributed by atoms with Crippen LogP contribution in [0.15, 0.2) is 23.0 Å². The lowest BCUT2D eigenvalue weighted by Gasteiger charge is -2.34. The molecular weight excluding hydrogens is 382 g/mol. The standard InChI is InChI=1S/C22H27N5O3/c1-12-7-8-15(10-13(12)2)23-20(29)16-11-17(28)24-19-18(16)21(30)26-22(25-19)27-9-5-4-6-14(27)3/h7-8,10,14,16H,4-6,9,11H2,1-3H3,(H,23,29)(H2,24,25,26,28,30)/t14-,16+/m1/s1. The van der Waals surface area contributed by atoms with Crippen LogP contribution in [0.5, 0.6) is 0 Å². The number of fused-ring (bicyclic) bond motifs is 1.